The van der Waals surface area contributed by atoms with Gasteiger partial charge >= 0.3 is 0 Å². The maximum atomic E-state index is 14.6. The van der Waals surface area contributed by atoms with Gasteiger partial charge in [0.05, 0.1) is 11.8 Å². The zero-order chi connectivity index (χ0) is 21.1. The molecule has 5 nitrogen and oxygen atoms in total. The monoisotopic (exact) mass is 406 g/mol. The van der Waals surface area contributed by atoms with Crippen molar-refractivity contribution in [2.45, 2.75) is 50.8 Å². The molecular weight excluding hydrogens is 379 g/mol. The first-order valence-corrected chi connectivity index (χ1v) is 10.5. The fourth-order valence-corrected chi connectivity index (χ4v) is 5.60. The number of benzene rings is 2. The second-order valence-corrected chi connectivity index (χ2v) is 8.87. The summed E-state index contributed by atoms with van der Waals surface area (Å²) < 4.78 is 20.2. The number of aliphatic imine (C=N–C) groups is 2. The van der Waals surface area contributed by atoms with Crippen molar-refractivity contribution in [1.82, 2.24) is 0 Å². The van der Waals surface area contributed by atoms with E-state index >= 15 is 0 Å². The fraction of sp³-hybridized carbons (Fsp3) is 0.417. The minimum atomic E-state index is -0.734. The Morgan fingerprint density at radius 2 is 1.83 bits per heavy atom. The third-order valence-corrected chi connectivity index (χ3v) is 7.26. The van der Waals surface area contributed by atoms with Crippen LogP contribution in [0, 0.1) is 11.2 Å². The summed E-state index contributed by atoms with van der Waals surface area (Å²) in [5.74, 6) is 0.206. The molecule has 1 atom stereocenters. The van der Waals surface area contributed by atoms with Crippen molar-refractivity contribution in [2.75, 3.05) is 12.8 Å². The second-order valence-electron chi connectivity index (χ2n) is 8.87. The molecule has 0 aromatic heterocycles. The molecule has 0 bridgehead atoms. The summed E-state index contributed by atoms with van der Waals surface area (Å²) in [6, 6.07) is 10.8. The summed E-state index contributed by atoms with van der Waals surface area (Å²) >= 11 is 0. The van der Waals surface area contributed by atoms with Crippen LogP contribution in [0.1, 0.15) is 43.7 Å². The summed E-state index contributed by atoms with van der Waals surface area (Å²) in [7, 11) is 1.78. The second kappa shape index (κ2) is 6.64. The van der Waals surface area contributed by atoms with Gasteiger partial charge in [0.1, 0.15) is 11.7 Å². The van der Waals surface area contributed by atoms with Crippen LogP contribution < -0.4 is 11.5 Å². The molecule has 0 radical (unpaired) electrons. The molecule has 0 unspecified atom stereocenters. The molecule has 2 aromatic rings. The maximum Gasteiger partial charge on any atom is 0.184 e. The van der Waals surface area contributed by atoms with Crippen molar-refractivity contribution >= 4 is 17.2 Å². The average molecular weight is 407 g/mol. The highest BCUT2D eigenvalue weighted by Crippen LogP contribution is 2.62. The molecule has 6 heteroatoms. The molecule has 1 aliphatic heterocycles. The lowest BCUT2D eigenvalue weighted by Crippen LogP contribution is -2.43. The van der Waals surface area contributed by atoms with Gasteiger partial charge in [0.15, 0.2) is 5.66 Å². The summed E-state index contributed by atoms with van der Waals surface area (Å²) in [4.78, 5) is 10.0. The number of hydrogen-bond acceptors (Lipinski definition) is 5. The first kappa shape index (κ1) is 19.2. The Bertz CT molecular complexity index is 1060. The third kappa shape index (κ3) is 2.63. The first-order chi connectivity index (χ1) is 14.4. The van der Waals surface area contributed by atoms with Gasteiger partial charge in [0.25, 0.3) is 0 Å². The predicted molar refractivity (Wildman–Crippen MR) is 118 cm³/mol. The molecule has 3 aliphatic rings. The lowest BCUT2D eigenvalue weighted by Gasteiger charge is -2.44. The van der Waals surface area contributed by atoms with Crippen molar-refractivity contribution in [3.8, 4) is 11.1 Å². The van der Waals surface area contributed by atoms with Gasteiger partial charge in [0.2, 0.25) is 0 Å². The number of ether oxygens (including phenoxy) is 1. The van der Waals surface area contributed by atoms with Crippen LogP contribution in [0.2, 0.25) is 0 Å². The van der Waals surface area contributed by atoms with Crippen LogP contribution in [-0.4, -0.2) is 24.8 Å². The maximum absolute atomic E-state index is 14.6. The fourth-order valence-electron chi connectivity index (χ4n) is 5.60. The number of amidine groups is 1. The molecule has 1 heterocycles. The van der Waals surface area contributed by atoms with Crippen LogP contribution in [0.15, 0.2) is 46.4 Å². The van der Waals surface area contributed by atoms with Crippen LogP contribution in [0.5, 0.6) is 0 Å². The SMILES string of the molecule is COC1CCC2(CC1)Cc1ccc(-c3cc(N)ccc3F)cc1[C@@]21N=C(C)C(N)=N1. The molecule has 30 heavy (non-hydrogen) atoms. The predicted octanol–water partition coefficient (Wildman–Crippen LogP) is 4.19. The Hall–Kier alpha value is -2.73. The number of anilines is 1. The van der Waals surface area contributed by atoms with Crippen molar-refractivity contribution in [1.29, 1.82) is 0 Å². The number of halogens is 1. The van der Waals surface area contributed by atoms with Gasteiger partial charge in [-0.05, 0) is 74.4 Å². The van der Waals surface area contributed by atoms with Crippen LogP contribution >= 0.6 is 0 Å². The number of rotatable bonds is 2. The molecule has 156 valence electrons. The van der Waals surface area contributed by atoms with Crippen LogP contribution in [0.4, 0.5) is 10.1 Å². The third-order valence-electron chi connectivity index (χ3n) is 7.26. The molecule has 5 rings (SSSR count). The minimum Gasteiger partial charge on any atom is -0.399 e. The Morgan fingerprint density at radius 1 is 1.07 bits per heavy atom. The van der Waals surface area contributed by atoms with E-state index in [1.54, 1.807) is 19.2 Å². The van der Waals surface area contributed by atoms with E-state index in [2.05, 4.69) is 6.07 Å². The zero-order valence-electron chi connectivity index (χ0n) is 17.4. The van der Waals surface area contributed by atoms with Crippen LogP contribution in [-0.2, 0) is 16.8 Å². The Kier molecular flexibility index (Phi) is 4.26. The van der Waals surface area contributed by atoms with Gasteiger partial charge in [0, 0.05) is 29.3 Å². The molecule has 1 fully saturated rings. The highest BCUT2D eigenvalue weighted by Gasteiger charge is 2.60. The van der Waals surface area contributed by atoms with E-state index in [1.807, 2.05) is 19.1 Å². The lowest BCUT2D eigenvalue weighted by atomic mass is 9.65. The van der Waals surface area contributed by atoms with Gasteiger partial charge in [-0.2, -0.15) is 0 Å². The van der Waals surface area contributed by atoms with Crippen molar-refractivity contribution in [3.05, 3.63) is 53.3 Å². The molecule has 0 amide bonds. The van der Waals surface area contributed by atoms with Crippen molar-refractivity contribution in [3.63, 3.8) is 0 Å². The van der Waals surface area contributed by atoms with Crippen LogP contribution in [0.3, 0.4) is 0 Å². The number of nitrogens with zero attached hydrogens (tertiary/aromatic N) is 2. The standard InChI is InChI=1S/C24H27FN4O/c1-14-22(27)29-24(28-14)20-11-15(19-12-17(26)5-6-21(19)25)3-4-16(20)13-23(24)9-7-18(30-2)8-10-23/h3-6,11-12,18H,7-10,13,26H2,1-2H3,(H2,27,29)/t18?,23?,24-/m0/s1. The summed E-state index contributed by atoms with van der Waals surface area (Å²) in [6.45, 7) is 1.92. The molecule has 4 N–H and O–H groups in total. The van der Waals surface area contributed by atoms with Gasteiger partial charge in [-0.15, -0.1) is 0 Å². The lowest BCUT2D eigenvalue weighted by molar-refractivity contribution is -0.000372. The summed E-state index contributed by atoms with van der Waals surface area (Å²) in [6.07, 6.45) is 5.07. The Balaban J connectivity index is 1.66. The summed E-state index contributed by atoms with van der Waals surface area (Å²) in [5.41, 5.74) is 16.2. The van der Waals surface area contributed by atoms with Crippen molar-refractivity contribution < 1.29 is 9.13 Å². The normalized spacial score (nSPS) is 29.9. The Labute approximate surface area is 176 Å². The van der Waals surface area contributed by atoms with Gasteiger partial charge in [-0.1, -0.05) is 12.1 Å². The number of nitrogens with two attached hydrogens (primary N) is 2. The van der Waals surface area contributed by atoms with Gasteiger partial charge in [-0.25, -0.2) is 9.38 Å². The van der Waals surface area contributed by atoms with E-state index in [0.29, 0.717) is 17.1 Å². The van der Waals surface area contributed by atoms with Gasteiger partial charge < -0.3 is 16.2 Å². The quantitative estimate of drug-likeness (QED) is 0.733. The summed E-state index contributed by atoms with van der Waals surface area (Å²) in [5, 5.41) is 0. The van der Waals surface area contributed by atoms with Gasteiger partial charge in [-0.3, -0.25) is 4.99 Å². The van der Waals surface area contributed by atoms with Crippen molar-refractivity contribution in [2.24, 2.45) is 21.1 Å². The number of methoxy groups -OCH3 is 1. The number of fused-ring (bicyclic) bond motifs is 3. The van der Waals surface area contributed by atoms with E-state index in [0.717, 1.165) is 48.9 Å². The Morgan fingerprint density at radius 3 is 2.50 bits per heavy atom. The smallest absolute Gasteiger partial charge is 0.184 e. The number of hydrogen-bond donors (Lipinski definition) is 2. The minimum absolute atomic E-state index is 0.125. The molecular formula is C24H27FN4O. The number of nitrogen functional groups attached to an aromatic ring is 1. The van der Waals surface area contributed by atoms with E-state index in [9.17, 15) is 4.39 Å². The van der Waals surface area contributed by atoms with E-state index in [-0.39, 0.29) is 17.3 Å². The zero-order valence-corrected chi connectivity index (χ0v) is 17.4. The van der Waals surface area contributed by atoms with E-state index in [1.165, 1.54) is 11.6 Å². The molecule has 2 aliphatic carbocycles. The highest BCUT2D eigenvalue weighted by atomic mass is 19.1. The topological polar surface area (TPSA) is 86.0 Å². The molecule has 2 spiro atoms. The molecule has 0 saturated heterocycles. The molecule has 1 saturated carbocycles. The first-order valence-electron chi connectivity index (χ1n) is 10.5. The highest BCUT2D eigenvalue weighted by molar-refractivity contribution is 6.41. The average Bonchev–Trinajstić information content (AvgIpc) is 3.18. The molecule has 2 aromatic carbocycles. The van der Waals surface area contributed by atoms with Crippen LogP contribution in [0.25, 0.3) is 11.1 Å². The van der Waals surface area contributed by atoms with E-state index < -0.39 is 5.66 Å². The van der Waals surface area contributed by atoms with E-state index in [4.69, 9.17) is 26.2 Å². The largest absolute Gasteiger partial charge is 0.399 e.